The van der Waals surface area contributed by atoms with Crippen molar-refractivity contribution in [3.63, 3.8) is 0 Å². The van der Waals surface area contributed by atoms with E-state index in [0.717, 1.165) is 17.0 Å². The Morgan fingerprint density at radius 1 is 1.24 bits per heavy atom. The largest absolute Gasteiger partial charge is 0.496 e. The number of ether oxygens (including phenoxy) is 1. The predicted molar refractivity (Wildman–Crippen MR) is 82.5 cm³/mol. The number of nitrogens with zero attached hydrogens (tertiary/aromatic N) is 2. The van der Waals surface area contributed by atoms with Crippen molar-refractivity contribution < 1.29 is 9.53 Å². The highest BCUT2D eigenvalue weighted by atomic mass is 16.5. The highest BCUT2D eigenvalue weighted by molar-refractivity contribution is 5.88. The number of nitrogens with one attached hydrogen (secondary N) is 1. The molecule has 0 unspecified atom stereocenters. The first-order chi connectivity index (χ1) is 10.1. The van der Waals surface area contributed by atoms with Crippen LogP contribution in [0.5, 0.6) is 5.75 Å². The highest BCUT2D eigenvalue weighted by Crippen LogP contribution is 2.19. The molecule has 1 aromatic heterocycles. The van der Waals surface area contributed by atoms with E-state index in [1.807, 2.05) is 43.3 Å². The van der Waals surface area contributed by atoms with E-state index in [9.17, 15) is 4.79 Å². The number of para-hydroxylation sites is 1. The normalized spacial score (nSPS) is 10.0. The summed E-state index contributed by atoms with van der Waals surface area (Å²) in [5.74, 6) is 1.32. The molecular formula is C16H19N3O2. The molecule has 0 saturated carbocycles. The molecule has 0 bridgehead atoms. The number of rotatable bonds is 4. The summed E-state index contributed by atoms with van der Waals surface area (Å²) >= 11 is 0. The first-order valence-corrected chi connectivity index (χ1v) is 6.68. The van der Waals surface area contributed by atoms with Gasteiger partial charge < -0.3 is 9.64 Å². The number of hydrogen-bond donors (Lipinski definition) is 1. The van der Waals surface area contributed by atoms with E-state index in [0.29, 0.717) is 12.4 Å². The lowest BCUT2D eigenvalue weighted by molar-refractivity contribution is 0.220. The fourth-order valence-corrected chi connectivity index (χ4v) is 1.98. The number of anilines is 1. The molecule has 1 aromatic carbocycles. The second-order valence-corrected chi connectivity index (χ2v) is 4.76. The summed E-state index contributed by atoms with van der Waals surface area (Å²) in [6.45, 7) is 2.34. The fourth-order valence-electron chi connectivity index (χ4n) is 1.98. The summed E-state index contributed by atoms with van der Waals surface area (Å²) < 4.78 is 5.29. The Labute approximate surface area is 124 Å². The van der Waals surface area contributed by atoms with E-state index in [4.69, 9.17) is 4.74 Å². The Hall–Kier alpha value is -2.56. The molecular weight excluding hydrogens is 266 g/mol. The molecule has 2 amide bonds. The topological polar surface area (TPSA) is 54.5 Å². The van der Waals surface area contributed by atoms with E-state index in [1.165, 1.54) is 0 Å². The zero-order valence-electron chi connectivity index (χ0n) is 12.5. The van der Waals surface area contributed by atoms with Gasteiger partial charge in [-0.1, -0.05) is 24.3 Å². The molecule has 1 heterocycles. The lowest BCUT2D eigenvalue weighted by Gasteiger charge is -2.19. The maximum absolute atomic E-state index is 12.2. The van der Waals surface area contributed by atoms with Crippen molar-refractivity contribution in [3.8, 4) is 5.75 Å². The predicted octanol–water partition coefficient (Wildman–Crippen LogP) is 3.06. The van der Waals surface area contributed by atoms with Gasteiger partial charge in [0.2, 0.25) is 0 Å². The van der Waals surface area contributed by atoms with Crippen molar-refractivity contribution in [1.29, 1.82) is 0 Å². The lowest BCUT2D eigenvalue weighted by Crippen LogP contribution is -2.31. The van der Waals surface area contributed by atoms with Gasteiger partial charge >= 0.3 is 6.03 Å². The molecule has 2 rings (SSSR count). The van der Waals surface area contributed by atoms with Gasteiger partial charge in [0.1, 0.15) is 11.6 Å². The minimum absolute atomic E-state index is 0.209. The molecule has 1 N–H and O–H groups in total. The van der Waals surface area contributed by atoms with Gasteiger partial charge in [-0.15, -0.1) is 0 Å². The zero-order valence-corrected chi connectivity index (χ0v) is 12.5. The van der Waals surface area contributed by atoms with Crippen LogP contribution < -0.4 is 10.1 Å². The molecule has 2 aromatic rings. The lowest BCUT2D eigenvalue weighted by atomic mass is 10.2. The third-order valence-corrected chi connectivity index (χ3v) is 3.07. The third-order valence-electron chi connectivity index (χ3n) is 3.07. The molecule has 0 fully saturated rings. The Kier molecular flexibility index (Phi) is 4.77. The Morgan fingerprint density at radius 2 is 2.00 bits per heavy atom. The van der Waals surface area contributed by atoms with E-state index in [-0.39, 0.29) is 6.03 Å². The van der Waals surface area contributed by atoms with Crippen LogP contribution >= 0.6 is 0 Å². The van der Waals surface area contributed by atoms with E-state index >= 15 is 0 Å². The number of aromatic nitrogens is 1. The second-order valence-electron chi connectivity index (χ2n) is 4.76. The molecule has 0 radical (unpaired) electrons. The second kappa shape index (κ2) is 6.74. The molecule has 0 aliphatic carbocycles. The van der Waals surface area contributed by atoms with Crippen molar-refractivity contribution in [3.05, 3.63) is 53.7 Å². The molecule has 0 aliphatic heterocycles. The summed E-state index contributed by atoms with van der Waals surface area (Å²) in [6.07, 6.45) is 0. The summed E-state index contributed by atoms with van der Waals surface area (Å²) in [6, 6.07) is 12.9. The number of pyridine rings is 1. The van der Waals surface area contributed by atoms with Crippen LogP contribution in [0.2, 0.25) is 0 Å². The van der Waals surface area contributed by atoms with Crippen LogP contribution in [0.25, 0.3) is 0 Å². The van der Waals surface area contributed by atoms with Gasteiger partial charge in [-0.2, -0.15) is 0 Å². The van der Waals surface area contributed by atoms with Crippen LogP contribution in [0.3, 0.4) is 0 Å². The average Bonchev–Trinajstić information content (AvgIpc) is 2.47. The Morgan fingerprint density at radius 3 is 2.71 bits per heavy atom. The Balaban J connectivity index is 2.02. The van der Waals surface area contributed by atoms with Gasteiger partial charge in [-0.3, -0.25) is 5.32 Å². The number of urea groups is 1. The van der Waals surface area contributed by atoms with E-state index in [2.05, 4.69) is 10.3 Å². The fraction of sp³-hybridized carbons (Fsp3) is 0.250. The number of carbonyl (C=O) groups excluding carboxylic acids is 1. The zero-order chi connectivity index (χ0) is 15.2. The minimum Gasteiger partial charge on any atom is -0.496 e. The van der Waals surface area contributed by atoms with Gasteiger partial charge in [-0.25, -0.2) is 9.78 Å². The smallest absolute Gasteiger partial charge is 0.323 e. The molecule has 0 saturated heterocycles. The summed E-state index contributed by atoms with van der Waals surface area (Å²) in [5, 5.41) is 2.78. The summed E-state index contributed by atoms with van der Waals surface area (Å²) in [5.41, 5.74) is 1.81. The van der Waals surface area contributed by atoms with Crippen LogP contribution in [-0.2, 0) is 6.54 Å². The van der Waals surface area contributed by atoms with Crippen molar-refractivity contribution in [2.75, 3.05) is 19.5 Å². The van der Waals surface area contributed by atoms with Gasteiger partial charge in [0.05, 0.1) is 13.7 Å². The first-order valence-electron chi connectivity index (χ1n) is 6.68. The number of aryl methyl sites for hydroxylation is 1. The van der Waals surface area contributed by atoms with Crippen LogP contribution in [0.4, 0.5) is 10.6 Å². The van der Waals surface area contributed by atoms with Gasteiger partial charge in [-0.05, 0) is 25.1 Å². The maximum atomic E-state index is 12.2. The number of methoxy groups -OCH3 is 1. The highest BCUT2D eigenvalue weighted by Gasteiger charge is 2.12. The number of carbonyl (C=O) groups is 1. The van der Waals surface area contributed by atoms with E-state index in [1.54, 1.807) is 25.1 Å². The molecule has 0 atom stereocenters. The SMILES string of the molecule is COc1ccccc1CN(C)C(=O)Nc1cccc(C)n1. The molecule has 21 heavy (non-hydrogen) atoms. The van der Waals surface area contributed by atoms with Crippen LogP contribution in [0.1, 0.15) is 11.3 Å². The standard InChI is InChI=1S/C16H19N3O2/c1-12-7-6-10-15(17-12)18-16(20)19(2)11-13-8-4-5-9-14(13)21-3/h4-10H,11H2,1-3H3,(H,17,18,20). The number of amides is 2. The third kappa shape index (κ3) is 3.95. The van der Waals surface area contributed by atoms with Gasteiger partial charge in [0.15, 0.2) is 0 Å². The van der Waals surface area contributed by atoms with E-state index < -0.39 is 0 Å². The Bertz CT molecular complexity index is 628. The average molecular weight is 285 g/mol. The number of hydrogen-bond acceptors (Lipinski definition) is 3. The molecule has 5 heteroatoms. The van der Waals surface area contributed by atoms with Crippen molar-refractivity contribution in [2.24, 2.45) is 0 Å². The summed E-state index contributed by atoms with van der Waals surface area (Å²) in [4.78, 5) is 18.0. The maximum Gasteiger partial charge on any atom is 0.323 e. The van der Waals surface area contributed by atoms with Crippen molar-refractivity contribution in [2.45, 2.75) is 13.5 Å². The first kappa shape index (κ1) is 14.8. The molecule has 110 valence electrons. The molecule has 0 spiro atoms. The molecule has 0 aliphatic rings. The van der Waals surface area contributed by atoms with Crippen LogP contribution in [-0.4, -0.2) is 30.1 Å². The van der Waals surface area contributed by atoms with Crippen LogP contribution in [0, 0.1) is 6.92 Å². The number of benzene rings is 1. The van der Waals surface area contributed by atoms with Crippen molar-refractivity contribution >= 4 is 11.8 Å². The quantitative estimate of drug-likeness (QED) is 0.939. The minimum atomic E-state index is -0.209. The van der Waals surface area contributed by atoms with Gasteiger partial charge in [0, 0.05) is 18.3 Å². The molecule has 5 nitrogen and oxygen atoms in total. The summed E-state index contributed by atoms with van der Waals surface area (Å²) in [7, 11) is 3.35. The van der Waals surface area contributed by atoms with Gasteiger partial charge in [0.25, 0.3) is 0 Å². The van der Waals surface area contributed by atoms with Crippen LogP contribution in [0.15, 0.2) is 42.5 Å². The monoisotopic (exact) mass is 285 g/mol. The van der Waals surface area contributed by atoms with Crippen molar-refractivity contribution in [1.82, 2.24) is 9.88 Å².